The lowest BCUT2D eigenvalue weighted by atomic mass is 10.0. The molecule has 2 nitrogen and oxygen atoms in total. The summed E-state index contributed by atoms with van der Waals surface area (Å²) in [6.07, 6.45) is 0.996. The molecule has 0 bridgehead atoms. The summed E-state index contributed by atoms with van der Waals surface area (Å²) in [6.45, 7) is 5.17. The van der Waals surface area contributed by atoms with Gasteiger partial charge in [0.2, 0.25) is 0 Å². The van der Waals surface area contributed by atoms with Crippen molar-refractivity contribution in [3.63, 3.8) is 0 Å². The number of rotatable bonds is 6. The zero-order valence-corrected chi connectivity index (χ0v) is 13.7. The number of ether oxygens (including phenoxy) is 1. The molecular weight excluding hydrogens is 305 g/mol. The number of halogens is 2. The van der Waals surface area contributed by atoms with Gasteiger partial charge in [0.1, 0.15) is 11.5 Å². The van der Waals surface area contributed by atoms with Crippen molar-refractivity contribution in [3.05, 3.63) is 58.1 Å². The molecule has 2 aromatic rings. The van der Waals surface area contributed by atoms with Crippen LogP contribution in [0, 0.1) is 0 Å². The van der Waals surface area contributed by atoms with Crippen LogP contribution in [-0.2, 0) is 0 Å². The molecular formula is C17H19Cl2NO. The molecule has 0 heterocycles. The molecule has 0 fully saturated rings. The molecule has 0 saturated carbocycles. The molecule has 0 spiro atoms. The molecule has 0 radical (unpaired) electrons. The van der Waals surface area contributed by atoms with E-state index in [-0.39, 0.29) is 6.04 Å². The smallest absolute Gasteiger partial charge is 0.132 e. The molecule has 1 N–H and O–H groups in total. The van der Waals surface area contributed by atoms with Gasteiger partial charge in [0.25, 0.3) is 0 Å². The Hall–Kier alpha value is -1.22. The van der Waals surface area contributed by atoms with E-state index in [1.165, 1.54) is 0 Å². The second-order valence-electron chi connectivity index (χ2n) is 4.73. The van der Waals surface area contributed by atoms with Crippen molar-refractivity contribution < 1.29 is 4.74 Å². The largest absolute Gasteiger partial charge is 0.457 e. The van der Waals surface area contributed by atoms with Crippen LogP contribution in [0.2, 0.25) is 10.0 Å². The highest BCUT2D eigenvalue weighted by atomic mass is 35.5. The van der Waals surface area contributed by atoms with E-state index in [1.54, 1.807) is 12.1 Å². The normalized spacial score (nSPS) is 12.2. The Morgan fingerprint density at radius 1 is 1.05 bits per heavy atom. The Bertz CT molecular complexity index is 601. The summed E-state index contributed by atoms with van der Waals surface area (Å²) in [4.78, 5) is 0. The third kappa shape index (κ3) is 4.13. The molecule has 1 atom stereocenters. The molecule has 1 unspecified atom stereocenters. The summed E-state index contributed by atoms with van der Waals surface area (Å²) >= 11 is 12.0. The van der Waals surface area contributed by atoms with Crippen molar-refractivity contribution >= 4 is 23.2 Å². The highest BCUT2D eigenvalue weighted by Crippen LogP contribution is 2.33. The van der Waals surface area contributed by atoms with Crippen LogP contribution in [0.15, 0.2) is 42.5 Å². The van der Waals surface area contributed by atoms with Crippen molar-refractivity contribution in [2.75, 3.05) is 6.54 Å². The predicted octanol–water partition coefficient (Wildman–Crippen LogP) is 5.85. The molecule has 4 heteroatoms. The summed E-state index contributed by atoms with van der Waals surface area (Å²) in [6, 6.07) is 13.6. The van der Waals surface area contributed by atoms with Crippen molar-refractivity contribution in [2.24, 2.45) is 0 Å². The topological polar surface area (TPSA) is 21.3 Å². The zero-order chi connectivity index (χ0) is 15.2. The average molecular weight is 324 g/mol. The van der Waals surface area contributed by atoms with Gasteiger partial charge >= 0.3 is 0 Å². The quantitative estimate of drug-likeness (QED) is 0.720. The van der Waals surface area contributed by atoms with Crippen LogP contribution in [0.1, 0.15) is 31.9 Å². The van der Waals surface area contributed by atoms with Gasteiger partial charge in [0, 0.05) is 17.7 Å². The van der Waals surface area contributed by atoms with E-state index < -0.39 is 0 Å². The van der Waals surface area contributed by atoms with E-state index in [0.29, 0.717) is 15.8 Å². The van der Waals surface area contributed by atoms with Crippen LogP contribution in [-0.4, -0.2) is 6.54 Å². The summed E-state index contributed by atoms with van der Waals surface area (Å²) in [5.74, 6) is 1.52. The van der Waals surface area contributed by atoms with Gasteiger partial charge in [-0.25, -0.2) is 0 Å². The number of nitrogens with one attached hydrogen (secondary N) is 1. The highest BCUT2D eigenvalue weighted by Gasteiger charge is 2.14. The molecule has 0 aliphatic carbocycles. The Kier molecular flexibility index (Phi) is 5.92. The van der Waals surface area contributed by atoms with Crippen LogP contribution in [0.5, 0.6) is 11.5 Å². The first kappa shape index (κ1) is 16.2. The Morgan fingerprint density at radius 2 is 1.81 bits per heavy atom. The van der Waals surface area contributed by atoms with Crippen molar-refractivity contribution in [1.82, 2.24) is 5.32 Å². The molecule has 2 aromatic carbocycles. The van der Waals surface area contributed by atoms with Gasteiger partial charge in [0.05, 0.1) is 10.0 Å². The molecule has 21 heavy (non-hydrogen) atoms. The number of para-hydroxylation sites is 1. The highest BCUT2D eigenvalue weighted by molar-refractivity contribution is 6.42. The maximum Gasteiger partial charge on any atom is 0.132 e. The Morgan fingerprint density at radius 3 is 2.48 bits per heavy atom. The molecule has 0 aliphatic rings. The molecule has 0 aliphatic heterocycles. The minimum Gasteiger partial charge on any atom is -0.457 e. The van der Waals surface area contributed by atoms with Gasteiger partial charge in [-0.05, 0) is 31.2 Å². The SMILES string of the molecule is CCNC(CC)c1ccccc1Oc1ccc(Cl)c(Cl)c1. The standard InChI is InChI=1S/C17H19Cl2NO/c1-3-16(20-4-2)13-7-5-6-8-17(13)21-12-9-10-14(18)15(19)11-12/h5-11,16,20H,3-4H2,1-2H3. The molecule has 0 saturated heterocycles. The fourth-order valence-corrected chi connectivity index (χ4v) is 2.54. The van der Waals surface area contributed by atoms with E-state index >= 15 is 0 Å². The molecule has 2 rings (SSSR count). The predicted molar refractivity (Wildman–Crippen MR) is 89.7 cm³/mol. The minimum atomic E-state index is 0.272. The monoisotopic (exact) mass is 323 g/mol. The Balaban J connectivity index is 2.29. The maximum atomic E-state index is 6.04. The van der Waals surface area contributed by atoms with Crippen LogP contribution in [0.3, 0.4) is 0 Å². The lowest BCUT2D eigenvalue weighted by molar-refractivity contribution is 0.453. The lowest BCUT2D eigenvalue weighted by Crippen LogP contribution is -2.20. The molecule has 112 valence electrons. The number of benzene rings is 2. The van der Waals surface area contributed by atoms with Crippen LogP contribution in [0.4, 0.5) is 0 Å². The average Bonchev–Trinajstić information content (AvgIpc) is 2.49. The summed E-state index contributed by atoms with van der Waals surface area (Å²) in [5, 5.41) is 4.48. The van der Waals surface area contributed by atoms with Crippen LogP contribution in [0.25, 0.3) is 0 Å². The maximum absolute atomic E-state index is 6.04. The second-order valence-corrected chi connectivity index (χ2v) is 5.55. The summed E-state index contributed by atoms with van der Waals surface area (Å²) in [7, 11) is 0. The van der Waals surface area contributed by atoms with Crippen molar-refractivity contribution in [3.8, 4) is 11.5 Å². The first-order chi connectivity index (χ1) is 10.2. The molecule has 0 amide bonds. The van der Waals surface area contributed by atoms with E-state index in [4.69, 9.17) is 27.9 Å². The Labute approximate surface area is 136 Å². The summed E-state index contributed by atoms with van der Waals surface area (Å²) in [5.41, 5.74) is 1.15. The van der Waals surface area contributed by atoms with Crippen LogP contribution < -0.4 is 10.1 Å². The van der Waals surface area contributed by atoms with E-state index in [0.717, 1.165) is 24.3 Å². The number of hydrogen-bond donors (Lipinski definition) is 1. The first-order valence-electron chi connectivity index (χ1n) is 7.10. The van der Waals surface area contributed by atoms with E-state index in [9.17, 15) is 0 Å². The van der Waals surface area contributed by atoms with Gasteiger partial charge in [-0.1, -0.05) is 55.2 Å². The third-order valence-corrected chi connectivity index (χ3v) is 4.01. The van der Waals surface area contributed by atoms with Crippen molar-refractivity contribution in [1.29, 1.82) is 0 Å². The van der Waals surface area contributed by atoms with Crippen molar-refractivity contribution in [2.45, 2.75) is 26.3 Å². The van der Waals surface area contributed by atoms with E-state index in [1.807, 2.05) is 24.3 Å². The first-order valence-corrected chi connectivity index (χ1v) is 7.86. The van der Waals surface area contributed by atoms with E-state index in [2.05, 4.69) is 25.2 Å². The van der Waals surface area contributed by atoms with Gasteiger partial charge < -0.3 is 10.1 Å². The van der Waals surface area contributed by atoms with Gasteiger partial charge in [-0.2, -0.15) is 0 Å². The zero-order valence-electron chi connectivity index (χ0n) is 12.2. The fourth-order valence-electron chi connectivity index (χ4n) is 2.25. The minimum absolute atomic E-state index is 0.272. The fraction of sp³-hybridized carbons (Fsp3) is 0.294. The van der Waals surface area contributed by atoms with Gasteiger partial charge in [0.15, 0.2) is 0 Å². The lowest BCUT2D eigenvalue weighted by Gasteiger charge is -2.20. The van der Waals surface area contributed by atoms with Gasteiger partial charge in [-0.15, -0.1) is 0 Å². The second kappa shape index (κ2) is 7.69. The third-order valence-electron chi connectivity index (χ3n) is 3.27. The molecule has 0 aromatic heterocycles. The van der Waals surface area contributed by atoms with Gasteiger partial charge in [-0.3, -0.25) is 0 Å². The van der Waals surface area contributed by atoms with Crippen LogP contribution >= 0.6 is 23.2 Å². The number of hydrogen-bond acceptors (Lipinski definition) is 2. The summed E-state index contributed by atoms with van der Waals surface area (Å²) < 4.78 is 5.99.